The van der Waals surface area contributed by atoms with Gasteiger partial charge in [-0.3, -0.25) is 4.84 Å². The van der Waals surface area contributed by atoms with Gasteiger partial charge in [0.25, 0.3) is 0 Å². The molecule has 7 nitrogen and oxygen atoms in total. The van der Waals surface area contributed by atoms with Gasteiger partial charge in [0.2, 0.25) is 0 Å². The first-order valence-corrected chi connectivity index (χ1v) is 4.89. The van der Waals surface area contributed by atoms with E-state index in [-0.39, 0.29) is 12.8 Å². The van der Waals surface area contributed by atoms with Crippen LogP contribution in [0, 0.1) is 0 Å². The maximum absolute atomic E-state index is 9.79. The molecule has 0 spiro atoms. The summed E-state index contributed by atoms with van der Waals surface area (Å²) in [5, 5.41) is 29.8. The molecule has 88 valence electrons. The number of rotatable bonds is 2. The summed E-state index contributed by atoms with van der Waals surface area (Å²) in [6.45, 7) is 1.42. The lowest BCUT2D eigenvalue weighted by Gasteiger charge is -2.40. The SMILES string of the molecule is C[C@@H]1ON1[C@@H]1[C@@H](O)[C@H](O)[C@@H](CO)O[C@H]1N. The highest BCUT2D eigenvalue weighted by molar-refractivity contribution is 4.96. The van der Waals surface area contributed by atoms with Crippen LogP contribution in [0.3, 0.4) is 0 Å². The van der Waals surface area contributed by atoms with E-state index in [1.54, 1.807) is 6.92 Å². The van der Waals surface area contributed by atoms with Gasteiger partial charge in [-0.2, -0.15) is 0 Å². The normalized spacial score (nSPS) is 55.4. The van der Waals surface area contributed by atoms with E-state index in [9.17, 15) is 10.2 Å². The second kappa shape index (κ2) is 3.95. The Hall–Kier alpha value is -0.280. The molecule has 0 saturated carbocycles. The Labute approximate surface area is 86.9 Å². The molecule has 2 aliphatic rings. The van der Waals surface area contributed by atoms with E-state index in [0.29, 0.717) is 0 Å². The number of hydrogen-bond acceptors (Lipinski definition) is 7. The van der Waals surface area contributed by atoms with Gasteiger partial charge >= 0.3 is 0 Å². The molecule has 2 heterocycles. The van der Waals surface area contributed by atoms with Gasteiger partial charge in [-0.05, 0) is 6.92 Å². The highest BCUT2D eigenvalue weighted by Crippen LogP contribution is 2.31. The summed E-state index contributed by atoms with van der Waals surface area (Å²) in [6, 6.07) is -0.599. The van der Waals surface area contributed by atoms with Crippen LogP contribution in [-0.2, 0) is 9.57 Å². The molecule has 5 N–H and O–H groups in total. The lowest BCUT2D eigenvalue weighted by molar-refractivity contribution is -0.213. The van der Waals surface area contributed by atoms with Crippen molar-refractivity contribution in [2.45, 2.75) is 43.7 Å². The van der Waals surface area contributed by atoms with Gasteiger partial charge in [-0.25, -0.2) is 0 Å². The molecule has 0 aromatic rings. The third kappa shape index (κ3) is 1.87. The molecule has 0 radical (unpaired) electrons. The Balaban J connectivity index is 2.06. The van der Waals surface area contributed by atoms with E-state index in [1.807, 2.05) is 0 Å². The molecule has 2 fully saturated rings. The number of hydroxylamine groups is 2. The third-order valence-corrected chi connectivity index (χ3v) is 2.81. The molecule has 0 aromatic heterocycles. The lowest BCUT2D eigenvalue weighted by Crippen LogP contribution is -2.63. The minimum Gasteiger partial charge on any atom is -0.394 e. The Kier molecular flexibility index (Phi) is 2.95. The molecule has 2 rings (SSSR count). The van der Waals surface area contributed by atoms with Gasteiger partial charge in [-0.1, -0.05) is 0 Å². The average molecular weight is 220 g/mol. The molecule has 7 heteroatoms. The van der Waals surface area contributed by atoms with Crippen LogP contribution in [0.5, 0.6) is 0 Å². The van der Waals surface area contributed by atoms with Gasteiger partial charge in [-0.15, -0.1) is 5.06 Å². The Morgan fingerprint density at radius 3 is 2.40 bits per heavy atom. The van der Waals surface area contributed by atoms with Crippen molar-refractivity contribution in [3.05, 3.63) is 0 Å². The lowest BCUT2D eigenvalue weighted by atomic mass is 9.96. The first-order valence-electron chi connectivity index (χ1n) is 4.89. The van der Waals surface area contributed by atoms with E-state index < -0.39 is 30.6 Å². The summed E-state index contributed by atoms with van der Waals surface area (Å²) in [4.78, 5) is 5.05. The quantitative estimate of drug-likeness (QED) is 0.376. The summed E-state index contributed by atoms with van der Waals surface area (Å²) >= 11 is 0. The largest absolute Gasteiger partial charge is 0.394 e. The summed E-state index contributed by atoms with van der Waals surface area (Å²) in [7, 11) is 0. The standard InChI is InChI=1S/C8H16N2O5/c1-3-10(15-3)5-7(13)6(12)4(2-11)14-8(5)9/h3-8,11-13H,2,9H2,1H3/t3-,4+,5+,6+,7+,8+,10?/m0/s1. The predicted octanol–water partition coefficient (Wildman–Crippen LogP) is -2.65. The first kappa shape index (κ1) is 11.2. The van der Waals surface area contributed by atoms with Crippen molar-refractivity contribution in [2.24, 2.45) is 5.73 Å². The maximum Gasteiger partial charge on any atom is 0.152 e. The Morgan fingerprint density at radius 1 is 1.33 bits per heavy atom. The van der Waals surface area contributed by atoms with Gasteiger partial charge in [0, 0.05) is 0 Å². The smallest absolute Gasteiger partial charge is 0.152 e. The van der Waals surface area contributed by atoms with E-state index in [0.717, 1.165) is 0 Å². The van der Waals surface area contributed by atoms with Gasteiger partial charge in [0.05, 0.1) is 6.61 Å². The average Bonchev–Trinajstić information content (AvgIpc) is 2.89. The van der Waals surface area contributed by atoms with E-state index >= 15 is 0 Å². The summed E-state index contributed by atoms with van der Waals surface area (Å²) in [5.41, 5.74) is 5.67. The fraction of sp³-hybridized carbons (Fsp3) is 1.00. The van der Waals surface area contributed by atoms with Gasteiger partial charge in [0.15, 0.2) is 6.23 Å². The molecular formula is C8H16N2O5. The Bertz CT molecular complexity index is 241. The zero-order valence-electron chi connectivity index (χ0n) is 8.35. The number of aliphatic hydroxyl groups excluding tert-OH is 3. The van der Waals surface area contributed by atoms with Crippen LogP contribution in [0.4, 0.5) is 0 Å². The topological polar surface area (TPSA) is 111 Å². The molecule has 15 heavy (non-hydrogen) atoms. The zero-order valence-corrected chi connectivity index (χ0v) is 8.35. The van der Waals surface area contributed by atoms with Crippen molar-refractivity contribution in [1.29, 1.82) is 0 Å². The number of aliphatic hydroxyl groups is 3. The minimum absolute atomic E-state index is 0.128. The molecule has 1 unspecified atom stereocenters. The first-order chi connectivity index (χ1) is 7.06. The molecule has 2 aliphatic heterocycles. The van der Waals surface area contributed by atoms with E-state index in [2.05, 4.69) is 0 Å². The van der Waals surface area contributed by atoms with Gasteiger partial charge in [0.1, 0.15) is 30.6 Å². The highest BCUT2D eigenvalue weighted by atomic mass is 16.8. The maximum atomic E-state index is 9.79. The van der Waals surface area contributed by atoms with Crippen molar-refractivity contribution in [2.75, 3.05) is 6.61 Å². The minimum atomic E-state index is -1.16. The van der Waals surface area contributed by atoms with Crippen LogP contribution in [0.1, 0.15) is 6.92 Å². The van der Waals surface area contributed by atoms with Crippen LogP contribution in [0.2, 0.25) is 0 Å². The van der Waals surface area contributed by atoms with Gasteiger partial charge < -0.3 is 25.8 Å². The second-order valence-corrected chi connectivity index (χ2v) is 3.86. The second-order valence-electron chi connectivity index (χ2n) is 3.86. The number of hydrogen-bond donors (Lipinski definition) is 4. The fourth-order valence-corrected chi connectivity index (χ4v) is 1.89. The molecule has 0 aliphatic carbocycles. The Morgan fingerprint density at radius 2 is 1.93 bits per heavy atom. The van der Waals surface area contributed by atoms with Crippen LogP contribution >= 0.6 is 0 Å². The highest BCUT2D eigenvalue weighted by Gasteiger charge is 2.52. The molecule has 0 bridgehead atoms. The summed E-state index contributed by atoms with van der Waals surface area (Å²) < 4.78 is 5.18. The van der Waals surface area contributed by atoms with E-state index in [1.165, 1.54) is 5.06 Å². The van der Waals surface area contributed by atoms with Crippen molar-refractivity contribution < 1.29 is 24.9 Å². The third-order valence-electron chi connectivity index (χ3n) is 2.81. The van der Waals surface area contributed by atoms with Crippen LogP contribution < -0.4 is 5.73 Å². The molecule has 0 amide bonds. The molecule has 2 saturated heterocycles. The summed E-state index contributed by atoms with van der Waals surface area (Å²) in [6.07, 6.45) is -4.00. The van der Waals surface area contributed by atoms with Crippen molar-refractivity contribution in [3.8, 4) is 0 Å². The number of ether oxygens (including phenoxy) is 1. The van der Waals surface area contributed by atoms with E-state index in [4.69, 9.17) is 20.4 Å². The van der Waals surface area contributed by atoms with Crippen LogP contribution in [0.25, 0.3) is 0 Å². The predicted molar refractivity (Wildman–Crippen MR) is 48.1 cm³/mol. The van der Waals surface area contributed by atoms with Crippen molar-refractivity contribution in [3.63, 3.8) is 0 Å². The summed E-state index contributed by atoms with van der Waals surface area (Å²) in [5.74, 6) is 0. The zero-order chi connectivity index (χ0) is 11.2. The van der Waals surface area contributed by atoms with Crippen molar-refractivity contribution in [1.82, 2.24) is 5.06 Å². The number of nitrogens with zero attached hydrogens (tertiary/aromatic N) is 1. The molecular weight excluding hydrogens is 204 g/mol. The monoisotopic (exact) mass is 220 g/mol. The molecule has 0 aromatic carbocycles. The van der Waals surface area contributed by atoms with Crippen LogP contribution in [-0.4, -0.2) is 63.8 Å². The van der Waals surface area contributed by atoms with Crippen LogP contribution in [0.15, 0.2) is 0 Å². The molecule has 7 atom stereocenters. The van der Waals surface area contributed by atoms with Crippen molar-refractivity contribution >= 4 is 0 Å². The number of nitrogens with two attached hydrogens (primary N) is 1. The fourth-order valence-electron chi connectivity index (χ4n) is 1.89.